The number of rotatable bonds is 13. The topological polar surface area (TPSA) is 153 Å². The number of nitrogens with zero attached hydrogens (tertiary/aromatic N) is 4. The van der Waals surface area contributed by atoms with Gasteiger partial charge in [-0.15, -0.1) is 9.61 Å². The van der Waals surface area contributed by atoms with Crippen molar-refractivity contribution >= 4 is 52.6 Å². The Kier molecular flexibility index (Phi) is 10.6. The zero-order valence-corrected chi connectivity index (χ0v) is 23.9. The molecule has 13 heteroatoms. The van der Waals surface area contributed by atoms with Crippen LogP contribution in [0.5, 0.6) is 0 Å². The number of aliphatic hydroxyl groups excluding tert-OH is 2. The Morgan fingerprint density at radius 1 is 1.22 bits per heavy atom. The summed E-state index contributed by atoms with van der Waals surface area (Å²) in [5, 5.41) is 35.6. The summed E-state index contributed by atoms with van der Waals surface area (Å²) in [4.78, 5) is 13.9. The molecule has 0 bridgehead atoms. The molecule has 37 heavy (non-hydrogen) atoms. The first-order chi connectivity index (χ1) is 17.6. The Balaban J connectivity index is 1.93. The number of thiazole rings is 1. The van der Waals surface area contributed by atoms with Gasteiger partial charge in [-0.1, -0.05) is 49.1 Å². The van der Waals surface area contributed by atoms with E-state index in [-0.39, 0.29) is 17.9 Å². The van der Waals surface area contributed by atoms with Gasteiger partial charge >= 0.3 is 8.18 Å². The first kappa shape index (κ1) is 29.2. The highest BCUT2D eigenvalue weighted by Crippen LogP contribution is 2.39. The van der Waals surface area contributed by atoms with Crippen LogP contribution in [-0.2, 0) is 9.09 Å². The van der Waals surface area contributed by atoms with Crippen LogP contribution in [0.15, 0.2) is 29.4 Å². The van der Waals surface area contributed by atoms with Gasteiger partial charge in [-0.2, -0.15) is 10.2 Å². The van der Waals surface area contributed by atoms with Crippen molar-refractivity contribution < 1.29 is 19.3 Å². The normalized spacial score (nSPS) is 15.2. The molecule has 0 spiro atoms. The lowest BCUT2D eigenvalue weighted by atomic mass is 10.0. The maximum atomic E-state index is 12.4. The zero-order valence-electron chi connectivity index (χ0n) is 21.4. The fourth-order valence-corrected chi connectivity index (χ4v) is 6.11. The van der Waals surface area contributed by atoms with Gasteiger partial charge in [0.1, 0.15) is 10.8 Å². The maximum Gasteiger partial charge on any atom is 0.645 e. The molecule has 2 heterocycles. The van der Waals surface area contributed by atoms with E-state index in [4.69, 9.17) is 9.51 Å². The van der Waals surface area contributed by atoms with Crippen molar-refractivity contribution in [3.63, 3.8) is 0 Å². The van der Waals surface area contributed by atoms with Crippen molar-refractivity contribution in [3.8, 4) is 6.07 Å². The van der Waals surface area contributed by atoms with Crippen LogP contribution < -0.4 is 10.4 Å². The number of hydrogen-bond donors (Lipinski definition) is 4. The minimum absolute atomic E-state index is 0.0380. The summed E-state index contributed by atoms with van der Waals surface area (Å²) < 4.78 is 18.4. The van der Waals surface area contributed by atoms with Crippen LogP contribution in [-0.4, -0.2) is 50.0 Å². The van der Waals surface area contributed by atoms with Gasteiger partial charge < -0.3 is 15.5 Å². The number of nitriles is 1. The van der Waals surface area contributed by atoms with Crippen LogP contribution >= 0.6 is 31.3 Å². The molecule has 1 aromatic carbocycles. The highest BCUT2D eigenvalue weighted by Gasteiger charge is 2.28. The zero-order chi connectivity index (χ0) is 27.1. The third-order valence-corrected chi connectivity index (χ3v) is 8.50. The second kappa shape index (κ2) is 13.4. The number of nitrogens with one attached hydrogen (secondary N) is 2. The summed E-state index contributed by atoms with van der Waals surface area (Å²) in [6.45, 7) is 9.30. The highest BCUT2D eigenvalue weighted by molar-refractivity contribution is 7.99. The van der Waals surface area contributed by atoms with Gasteiger partial charge in [0.25, 0.3) is 0 Å². The van der Waals surface area contributed by atoms with Crippen LogP contribution in [0.4, 0.5) is 10.9 Å². The van der Waals surface area contributed by atoms with E-state index < -0.39 is 20.4 Å². The lowest BCUT2D eigenvalue weighted by Crippen LogP contribution is -2.26. The molecule has 0 aliphatic rings. The van der Waals surface area contributed by atoms with Crippen LogP contribution in [0.1, 0.15) is 57.4 Å². The molecule has 0 saturated heterocycles. The molecule has 198 valence electrons. The number of aromatic nitrogens is 3. The Hall–Kier alpha value is -2.39. The Bertz CT molecular complexity index is 1270. The number of hydrogen-bond acceptors (Lipinski definition) is 11. The number of thioether (sulfide) groups is 1. The molecular weight excluding hydrogens is 531 g/mol. The summed E-state index contributed by atoms with van der Waals surface area (Å²) in [6.07, 6.45) is -0.652. The van der Waals surface area contributed by atoms with Crippen molar-refractivity contribution in [2.75, 3.05) is 17.0 Å². The van der Waals surface area contributed by atoms with Crippen molar-refractivity contribution in [2.45, 2.75) is 69.7 Å². The molecule has 0 aliphatic carbocycles. The Labute approximate surface area is 225 Å². The second-order valence-corrected chi connectivity index (χ2v) is 12.4. The van der Waals surface area contributed by atoms with Gasteiger partial charge in [0.15, 0.2) is 16.6 Å². The smallest absolute Gasteiger partial charge is 0.394 e. The van der Waals surface area contributed by atoms with E-state index in [0.717, 1.165) is 12.0 Å². The number of benzene rings is 1. The van der Waals surface area contributed by atoms with Crippen molar-refractivity contribution in [1.82, 2.24) is 15.0 Å². The van der Waals surface area contributed by atoms with Crippen LogP contribution in [0.25, 0.3) is 10.3 Å². The van der Waals surface area contributed by atoms with Gasteiger partial charge in [-0.05, 0) is 55.4 Å². The Morgan fingerprint density at radius 2 is 1.97 bits per heavy atom. The third kappa shape index (κ3) is 8.30. The quantitative estimate of drug-likeness (QED) is 0.119. The van der Waals surface area contributed by atoms with E-state index >= 15 is 0 Å². The van der Waals surface area contributed by atoms with Gasteiger partial charge in [0.2, 0.25) is 5.13 Å². The van der Waals surface area contributed by atoms with Gasteiger partial charge in [-0.25, -0.2) is 9.97 Å². The minimum atomic E-state index is -2.32. The lowest BCUT2D eigenvalue weighted by Gasteiger charge is -2.19. The monoisotopic (exact) mass is 563 g/mol. The third-order valence-electron chi connectivity index (χ3n) is 5.45. The predicted molar refractivity (Wildman–Crippen MR) is 148 cm³/mol. The molecule has 10 nitrogen and oxygen atoms in total. The summed E-state index contributed by atoms with van der Waals surface area (Å²) in [7, 11) is -2.32. The molecule has 0 amide bonds. The van der Waals surface area contributed by atoms with E-state index in [9.17, 15) is 20.0 Å². The number of aliphatic hydroxyl groups is 2. The molecule has 0 fully saturated rings. The molecule has 4 N–H and O–H groups in total. The van der Waals surface area contributed by atoms with Crippen molar-refractivity contribution in [3.05, 3.63) is 35.4 Å². The lowest BCUT2D eigenvalue weighted by molar-refractivity contribution is 0.0664. The maximum absolute atomic E-state index is 12.4. The number of fused-ring (bicyclic) bond motifs is 1. The summed E-state index contributed by atoms with van der Waals surface area (Å²) in [6, 6.07) is 9.35. The molecular formula is C24H32N6O4PS2+. The SMILES string of the molecule is CC(C)CC(CO)Nc1nc(SC(C)c2cccc(C#N)c2)nc2nc(N[P+](=O)OC(C)C(C)O)sc12. The molecule has 0 saturated carbocycles. The average Bonchev–Trinajstić information content (AvgIpc) is 3.25. The second-order valence-electron chi connectivity index (χ2n) is 9.10. The van der Waals surface area contributed by atoms with Gasteiger partial charge in [0, 0.05) is 5.25 Å². The van der Waals surface area contributed by atoms with E-state index in [2.05, 4.69) is 40.3 Å². The molecule has 3 rings (SSSR count). The van der Waals surface area contributed by atoms with E-state index in [1.807, 2.05) is 25.1 Å². The highest BCUT2D eigenvalue weighted by atomic mass is 32.2. The van der Waals surface area contributed by atoms with Gasteiger partial charge in [-0.3, -0.25) is 0 Å². The fraction of sp³-hybridized carbons (Fsp3) is 0.500. The van der Waals surface area contributed by atoms with E-state index in [1.165, 1.54) is 23.1 Å². The molecule has 3 aromatic rings. The standard InChI is InChI=1S/C24H32N6O4PS2/c1-13(2)9-19(12-31)26-21-20-22(29-24(37-20)30-35(33)34-15(4)14(3)32)28-23(27-21)36-16(5)18-8-6-7-17(10-18)11-25/h6-8,10,13-16,19,31-32H,9,12H2,1-5H3,(H2,26,27,28,29,30,33)/q+1. The first-order valence-electron chi connectivity index (χ1n) is 11.9. The fourth-order valence-electron chi connectivity index (χ4n) is 3.37. The molecule has 0 aliphatic heterocycles. The van der Waals surface area contributed by atoms with Crippen LogP contribution in [0, 0.1) is 17.2 Å². The van der Waals surface area contributed by atoms with E-state index in [0.29, 0.717) is 37.9 Å². The predicted octanol–water partition coefficient (Wildman–Crippen LogP) is 5.49. The average molecular weight is 564 g/mol. The molecule has 5 atom stereocenters. The van der Waals surface area contributed by atoms with E-state index in [1.54, 1.807) is 19.9 Å². The number of anilines is 2. The first-order valence-corrected chi connectivity index (χ1v) is 14.8. The van der Waals surface area contributed by atoms with Crippen LogP contribution in [0.3, 0.4) is 0 Å². The largest absolute Gasteiger partial charge is 0.645 e. The van der Waals surface area contributed by atoms with Crippen LogP contribution in [0.2, 0.25) is 0 Å². The summed E-state index contributed by atoms with van der Waals surface area (Å²) >= 11 is 2.65. The molecule has 5 unspecified atom stereocenters. The molecule has 2 aromatic heterocycles. The van der Waals surface area contributed by atoms with Crippen molar-refractivity contribution in [2.24, 2.45) is 5.92 Å². The van der Waals surface area contributed by atoms with Gasteiger partial charge in [0.05, 0.1) is 30.4 Å². The van der Waals surface area contributed by atoms with Crippen molar-refractivity contribution in [1.29, 1.82) is 5.26 Å². The summed E-state index contributed by atoms with van der Waals surface area (Å²) in [5.41, 5.74) is 1.97. The summed E-state index contributed by atoms with van der Waals surface area (Å²) in [5.74, 6) is 0.892. The molecule has 0 radical (unpaired) electrons. The Morgan fingerprint density at radius 3 is 2.62 bits per heavy atom. The minimum Gasteiger partial charge on any atom is -0.394 e.